The van der Waals surface area contributed by atoms with Crippen molar-refractivity contribution in [3.8, 4) is 5.75 Å². The van der Waals surface area contributed by atoms with Gasteiger partial charge in [-0.05, 0) is 24.6 Å². The number of halogens is 2. The van der Waals surface area contributed by atoms with Gasteiger partial charge >= 0.3 is 0 Å². The van der Waals surface area contributed by atoms with E-state index in [4.69, 9.17) is 16.3 Å². The van der Waals surface area contributed by atoms with E-state index in [1.54, 1.807) is 7.11 Å². The minimum atomic E-state index is 0.321. The topological polar surface area (TPSA) is 9.23 Å². The molecule has 0 saturated heterocycles. The Labute approximate surface area is 98.5 Å². The lowest BCUT2D eigenvalue weighted by molar-refractivity contribution is 0.409. The smallest absolute Gasteiger partial charge is 0.123 e. The van der Waals surface area contributed by atoms with E-state index in [-0.39, 0.29) is 0 Å². The molecule has 0 saturated carbocycles. The Morgan fingerprint density at radius 3 is 2.79 bits per heavy atom. The van der Waals surface area contributed by atoms with Crippen molar-refractivity contribution < 1.29 is 4.74 Å². The molecular weight excluding hydrogens is 263 g/mol. The molecule has 0 amide bonds. The van der Waals surface area contributed by atoms with Crippen LogP contribution in [-0.2, 0) is 0 Å². The second kappa shape index (κ2) is 5.62. The lowest BCUT2D eigenvalue weighted by atomic mass is 10.1. The van der Waals surface area contributed by atoms with Crippen LogP contribution in [0.25, 0.3) is 0 Å². The van der Waals surface area contributed by atoms with E-state index in [2.05, 4.69) is 22.9 Å². The van der Waals surface area contributed by atoms with Crippen LogP contribution < -0.4 is 4.74 Å². The summed E-state index contributed by atoms with van der Waals surface area (Å²) in [5.41, 5.74) is 1.13. The predicted molar refractivity (Wildman–Crippen MR) is 64.6 cm³/mol. The molecule has 0 aliphatic rings. The Balaban J connectivity index is 2.97. The van der Waals surface area contributed by atoms with Crippen LogP contribution >= 0.6 is 27.5 Å². The molecule has 1 unspecified atom stereocenters. The maximum atomic E-state index is 5.94. The third kappa shape index (κ3) is 2.89. The summed E-state index contributed by atoms with van der Waals surface area (Å²) in [4.78, 5) is 0.321. The first kappa shape index (κ1) is 11.9. The first-order valence-electron chi connectivity index (χ1n) is 4.66. The zero-order valence-corrected chi connectivity index (χ0v) is 10.7. The number of hydrogen-bond acceptors (Lipinski definition) is 1. The van der Waals surface area contributed by atoms with Crippen LogP contribution in [0.2, 0.25) is 5.02 Å². The van der Waals surface area contributed by atoms with Crippen molar-refractivity contribution in [2.24, 2.45) is 0 Å². The third-order valence-corrected chi connectivity index (χ3v) is 3.26. The lowest BCUT2D eigenvalue weighted by Crippen LogP contribution is -1.94. The van der Waals surface area contributed by atoms with Gasteiger partial charge < -0.3 is 4.74 Å². The largest absolute Gasteiger partial charge is 0.496 e. The van der Waals surface area contributed by atoms with E-state index in [0.717, 1.165) is 29.2 Å². The summed E-state index contributed by atoms with van der Waals surface area (Å²) in [6.45, 7) is 2.16. The first-order chi connectivity index (χ1) is 6.69. The van der Waals surface area contributed by atoms with Crippen LogP contribution in [0.15, 0.2) is 18.2 Å². The summed E-state index contributed by atoms with van der Waals surface area (Å²) >= 11 is 9.57. The van der Waals surface area contributed by atoms with Gasteiger partial charge in [0.2, 0.25) is 0 Å². The number of methoxy groups -OCH3 is 1. The Hall–Kier alpha value is -0.210. The molecule has 1 nitrogen and oxygen atoms in total. The second-order valence-electron chi connectivity index (χ2n) is 3.14. The maximum Gasteiger partial charge on any atom is 0.123 e. The molecular formula is C11H14BrClO. The first-order valence-corrected chi connectivity index (χ1v) is 5.96. The molecule has 0 heterocycles. The minimum Gasteiger partial charge on any atom is -0.496 e. The number of benzene rings is 1. The van der Waals surface area contributed by atoms with Crippen LogP contribution in [0.4, 0.5) is 0 Å². The number of hydrogen-bond donors (Lipinski definition) is 0. The van der Waals surface area contributed by atoms with Gasteiger partial charge in [0.1, 0.15) is 5.75 Å². The average Bonchev–Trinajstić information content (AvgIpc) is 2.18. The second-order valence-corrected chi connectivity index (χ2v) is 4.68. The average molecular weight is 278 g/mol. The highest BCUT2D eigenvalue weighted by Gasteiger charge is 2.12. The Kier molecular flexibility index (Phi) is 4.76. The molecule has 1 aromatic rings. The minimum absolute atomic E-state index is 0.321. The van der Waals surface area contributed by atoms with Crippen LogP contribution in [0.3, 0.4) is 0 Å². The molecule has 1 atom stereocenters. The van der Waals surface area contributed by atoms with Gasteiger partial charge in [-0.2, -0.15) is 0 Å². The number of ether oxygens (including phenoxy) is 1. The SMILES string of the molecule is CCCC(Br)c1cc(Cl)ccc1OC. The van der Waals surface area contributed by atoms with Crippen LogP contribution in [0.5, 0.6) is 5.75 Å². The monoisotopic (exact) mass is 276 g/mol. The van der Waals surface area contributed by atoms with E-state index >= 15 is 0 Å². The van der Waals surface area contributed by atoms with Crippen molar-refractivity contribution in [1.82, 2.24) is 0 Å². The summed E-state index contributed by atoms with van der Waals surface area (Å²) in [7, 11) is 1.68. The Bertz CT molecular complexity index is 301. The highest BCUT2D eigenvalue weighted by molar-refractivity contribution is 9.09. The van der Waals surface area contributed by atoms with E-state index in [0.29, 0.717) is 4.83 Å². The molecule has 3 heteroatoms. The quantitative estimate of drug-likeness (QED) is 0.732. The highest BCUT2D eigenvalue weighted by atomic mass is 79.9. The van der Waals surface area contributed by atoms with Crippen molar-refractivity contribution >= 4 is 27.5 Å². The van der Waals surface area contributed by atoms with E-state index in [1.165, 1.54) is 0 Å². The molecule has 0 spiro atoms. The Morgan fingerprint density at radius 1 is 1.50 bits per heavy atom. The molecule has 0 fully saturated rings. The van der Waals surface area contributed by atoms with Gasteiger partial charge in [-0.15, -0.1) is 0 Å². The summed E-state index contributed by atoms with van der Waals surface area (Å²) in [6.07, 6.45) is 2.21. The van der Waals surface area contributed by atoms with E-state index in [9.17, 15) is 0 Å². The summed E-state index contributed by atoms with van der Waals surface area (Å²) in [5, 5.41) is 0.751. The van der Waals surface area contributed by atoms with Crippen LogP contribution in [-0.4, -0.2) is 7.11 Å². The summed E-state index contributed by atoms with van der Waals surface area (Å²) in [6, 6.07) is 5.70. The fourth-order valence-electron chi connectivity index (χ4n) is 1.36. The predicted octanol–water partition coefficient (Wildman–Crippen LogP) is 4.58. The number of rotatable bonds is 4. The van der Waals surface area contributed by atoms with Crippen molar-refractivity contribution in [3.63, 3.8) is 0 Å². The lowest BCUT2D eigenvalue weighted by Gasteiger charge is -2.13. The van der Waals surface area contributed by atoms with Gasteiger partial charge in [-0.3, -0.25) is 0 Å². The molecule has 0 aliphatic heterocycles. The van der Waals surface area contributed by atoms with E-state index in [1.807, 2.05) is 18.2 Å². The fraction of sp³-hybridized carbons (Fsp3) is 0.455. The van der Waals surface area contributed by atoms with Crippen LogP contribution in [0, 0.1) is 0 Å². The van der Waals surface area contributed by atoms with Gasteiger partial charge in [-0.25, -0.2) is 0 Å². The summed E-state index contributed by atoms with van der Waals surface area (Å²) in [5.74, 6) is 0.893. The molecule has 1 aromatic carbocycles. The molecule has 0 bridgehead atoms. The zero-order valence-electron chi connectivity index (χ0n) is 8.39. The molecule has 0 aromatic heterocycles. The van der Waals surface area contributed by atoms with Gasteiger partial charge in [0.05, 0.1) is 7.11 Å². The fourth-order valence-corrected chi connectivity index (χ4v) is 2.36. The molecule has 0 aliphatic carbocycles. The zero-order chi connectivity index (χ0) is 10.6. The molecule has 1 rings (SSSR count). The standard InChI is InChI=1S/C11H14BrClO/c1-3-4-10(12)9-7-8(13)5-6-11(9)14-2/h5-7,10H,3-4H2,1-2H3. The number of alkyl halides is 1. The van der Waals surface area contributed by atoms with Crippen molar-refractivity contribution in [2.45, 2.75) is 24.6 Å². The van der Waals surface area contributed by atoms with Crippen molar-refractivity contribution in [3.05, 3.63) is 28.8 Å². The van der Waals surface area contributed by atoms with E-state index < -0.39 is 0 Å². The summed E-state index contributed by atoms with van der Waals surface area (Å²) < 4.78 is 5.28. The van der Waals surface area contributed by atoms with Crippen LogP contribution in [0.1, 0.15) is 30.2 Å². The molecule has 0 N–H and O–H groups in total. The highest BCUT2D eigenvalue weighted by Crippen LogP contribution is 2.35. The maximum absolute atomic E-state index is 5.94. The van der Waals surface area contributed by atoms with Gasteiger partial charge in [-0.1, -0.05) is 40.9 Å². The normalized spacial score (nSPS) is 12.6. The van der Waals surface area contributed by atoms with Crippen molar-refractivity contribution in [1.29, 1.82) is 0 Å². The van der Waals surface area contributed by atoms with Gasteiger partial charge in [0, 0.05) is 15.4 Å². The molecule has 14 heavy (non-hydrogen) atoms. The Morgan fingerprint density at radius 2 is 2.21 bits per heavy atom. The molecule has 0 radical (unpaired) electrons. The third-order valence-electron chi connectivity index (χ3n) is 2.07. The van der Waals surface area contributed by atoms with Gasteiger partial charge in [0.25, 0.3) is 0 Å². The molecule has 78 valence electrons. The van der Waals surface area contributed by atoms with Crippen molar-refractivity contribution in [2.75, 3.05) is 7.11 Å². The van der Waals surface area contributed by atoms with Gasteiger partial charge in [0.15, 0.2) is 0 Å².